The molecule has 27 heavy (non-hydrogen) atoms. The van der Waals surface area contributed by atoms with E-state index < -0.39 is 6.10 Å². The van der Waals surface area contributed by atoms with Gasteiger partial charge in [-0.1, -0.05) is 35.3 Å². The number of hydrogen-bond acceptors (Lipinski definition) is 6. The summed E-state index contributed by atoms with van der Waals surface area (Å²) in [5.74, 6) is 1.01. The normalized spacial score (nSPS) is 12.7. The van der Waals surface area contributed by atoms with Crippen molar-refractivity contribution in [3.63, 3.8) is 0 Å². The maximum Gasteiger partial charge on any atom is 0.233 e. The number of hydrogen-bond donors (Lipinski definition) is 2. The lowest BCUT2D eigenvalue weighted by Crippen LogP contribution is -2.45. The number of benzene rings is 1. The maximum atomic E-state index is 10.2. The predicted molar refractivity (Wildman–Crippen MR) is 107 cm³/mol. The molecule has 0 radical (unpaired) electrons. The van der Waals surface area contributed by atoms with E-state index in [0.717, 1.165) is 5.56 Å². The first-order valence-corrected chi connectivity index (χ1v) is 9.45. The molecular weight excluding hydrogens is 389 g/mol. The van der Waals surface area contributed by atoms with Crippen LogP contribution in [-0.4, -0.2) is 46.7 Å². The third-order valence-corrected chi connectivity index (χ3v) is 4.67. The Morgan fingerprint density at radius 1 is 1.15 bits per heavy atom. The summed E-state index contributed by atoms with van der Waals surface area (Å²) in [6, 6.07) is 8.87. The van der Waals surface area contributed by atoms with Crippen molar-refractivity contribution < 1.29 is 14.6 Å². The summed E-state index contributed by atoms with van der Waals surface area (Å²) in [5.41, 5.74) is 0.704. The van der Waals surface area contributed by atoms with Crippen LogP contribution in [0.5, 0.6) is 11.6 Å². The third-order valence-electron chi connectivity index (χ3n) is 3.99. The smallest absolute Gasteiger partial charge is 0.233 e. The van der Waals surface area contributed by atoms with Crippen molar-refractivity contribution in [2.75, 3.05) is 19.8 Å². The molecule has 1 aromatic carbocycles. The highest BCUT2D eigenvalue weighted by molar-refractivity contribution is 6.32. The molecule has 0 amide bonds. The van der Waals surface area contributed by atoms with Crippen LogP contribution in [0.3, 0.4) is 0 Å². The van der Waals surface area contributed by atoms with E-state index in [2.05, 4.69) is 15.5 Å². The van der Waals surface area contributed by atoms with E-state index in [4.69, 9.17) is 32.7 Å². The summed E-state index contributed by atoms with van der Waals surface area (Å²) < 4.78 is 11.2. The number of aryl methyl sites for hydroxylation is 1. The van der Waals surface area contributed by atoms with Gasteiger partial charge in [-0.3, -0.25) is 0 Å². The van der Waals surface area contributed by atoms with Gasteiger partial charge >= 0.3 is 0 Å². The predicted octanol–water partition coefficient (Wildman–Crippen LogP) is 3.67. The van der Waals surface area contributed by atoms with Crippen LogP contribution in [0.15, 0.2) is 30.3 Å². The van der Waals surface area contributed by atoms with E-state index in [1.807, 2.05) is 32.9 Å². The number of halogens is 2. The maximum absolute atomic E-state index is 10.2. The number of ether oxygens (including phenoxy) is 2. The summed E-state index contributed by atoms with van der Waals surface area (Å²) in [6.45, 7) is 6.99. The van der Waals surface area contributed by atoms with Crippen molar-refractivity contribution in [1.82, 2.24) is 15.5 Å². The molecule has 1 unspecified atom stereocenters. The van der Waals surface area contributed by atoms with Gasteiger partial charge in [-0.25, -0.2) is 0 Å². The van der Waals surface area contributed by atoms with Crippen LogP contribution in [0.4, 0.5) is 0 Å². The molecule has 0 aliphatic heterocycles. The molecule has 1 atom stereocenters. The molecule has 0 aliphatic carbocycles. The van der Waals surface area contributed by atoms with Crippen LogP contribution < -0.4 is 14.8 Å². The van der Waals surface area contributed by atoms with E-state index in [-0.39, 0.29) is 12.1 Å². The minimum Gasteiger partial charge on any atom is -0.489 e. The largest absolute Gasteiger partial charge is 0.489 e. The summed E-state index contributed by atoms with van der Waals surface area (Å²) >= 11 is 11.9. The lowest BCUT2D eigenvalue weighted by molar-refractivity contribution is 0.0964. The molecule has 0 aliphatic rings. The second kappa shape index (κ2) is 10.1. The molecule has 1 heterocycles. The second-order valence-electron chi connectivity index (χ2n) is 6.91. The Kier molecular flexibility index (Phi) is 8.10. The van der Waals surface area contributed by atoms with Crippen LogP contribution in [-0.2, 0) is 0 Å². The molecular formula is C19H25Cl2N3O3. The Morgan fingerprint density at radius 2 is 1.93 bits per heavy atom. The molecule has 148 valence electrons. The zero-order chi connectivity index (χ0) is 19.9. The molecule has 6 nitrogen and oxygen atoms in total. The second-order valence-corrected chi connectivity index (χ2v) is 7.67. The van der Waals surface area contributed by atoms with E-state index in [1.165, 1.54) is 0 Å². The van der Waals surface area contributed by atoms with Gasteiger partial charge in [0.1, 0.15) is 18.5 Å². The number of β-amino-alcohol motifs (C(OH)–C–C–N with tert-alkyl or cyclic N) is 1. The van der Waals surface area contributed by atoms with Gasteiger partial charge in [0, 0.05) is 18.2 Å². The SMILES string of the molecule is Cc1cccc(OCC(O)CNC(C)(C)CCOc2ccc(Cl)nn2)c1Cl. The Hall–Kier alpha value is -1.60. The van der Waals surface area contributed by atoms with Crippen molar-refractivity contribution >= 4 is 23.2 Å². The molecule has 0 saturated heterocycles. The number of aliphatic hydroxyl groups excluding tert-OH is 1. The highest BCUT2D eigenvalue weighted by Gasteiger charge is 2.19. The van der Waals surface area contributed by atoms with Crippen molar-refractivity contribution in [3.05, 3.63) is 46.1 Å². The number of nitrogens with one attached hydrogen (secondary N) is 1. The number of aromatic nitrogens is 2. The van der Waals surface area contributed by atoms with Crippen LogP contribution in [0, 0.1) is 6.92 Å². The molecule has 1 aromatic heterocycles. The van der Waals surface area contributed by atoms with E-state index in [0.29, 0.717) is 41.4 Å². The van der Waals surface area contributed by atoms with E-state index >= 15 is 0 Å². The first-order chi connectivity index (χ1) is 12.8. The monoisotopic (exact) mass is 413 g/mol. The van der Waals surface area contributed by atoms with Gasteiger partial charge in [0.05, 0.1) is 11.6 Å². The zero-order valence-corrected chi connectivity index (χ0v) is 17.2. The lowest BCUT2D eigenvalue weighted by atomic mass is 10.0. The molecule has 0 bridgehead atoms. The van der Waals surface area contributed by atoms with Crippen molar-refractivity contribution in [2.45, 2.75) is 38.8 Å². The van der Waals surface area contributed by atoms with Gasteiger partial charge < -0.3 is 19.9 Å². The zero-order valence-electron chi connectivity index (χ0n) is 15.7. The molecule has 2 N–H and O–H groups in total. The van der Waals surface area contributed by atoms with Gasteiger partial charge in [-0.2, -0.15) is 0 Å². The first kappa shape index (κ1) is 21.7. The van der Waals surface area contributed by atoms with Crippen LogP contribution >= 0.6 is 23.2 Å². The minimum absolute atomic E-state index is 0.156. The van der Waals surface area contributed by atoms with Gasteiger partial charge in [-0.15, -0.1) is 10.2 Å². The Labute approximate surface area is 169 Å². The van der Waals surface area contributed by atoms with Gasteiger partial charge in [-0.05, 0) is 44.9 Å². The molecule has 8 heteroatoms. The first-order valence-electron chi connectivity index (χ1n) is 8.70. The van der Waals surface area contributed by atoms with Crippen molar-refractivity contribution in [1.29, 1.82) is 0 Å². The van der Waals surface area contributed by atoms with Gasteiger partial charge in [0.15, 0.2) is 5.15 Å². The fourth-order valence-electron chi connectivity index (χ4n) is 2.25. The third kappa shape index (κ3) is 7.50. The Balaban J connectivity index is 1.70. The summed E-state index contributed by atoms with van der Waals surface area (Å²) in [5, 5.41) is 22.0. The molecule has 0 saturated carbocycles. The molecule has 0 spiro atoms. The van der Waals surface area contributed by atoms with Crippen molar-refractivity contribution in [3.8, 4) is 11.6 Å². The number of rotatable bonds is 10. The minimum atomic E-state index is -0.663. The number of aliphatic hydroxyl groups is 1. The fourth-order valence-corrected chi connectivity index (χ4v) is 2.53. The van der Waals surface area contributed by atoms with E-state index in [9.17, 15) is 5.11 Å². The fraction of sp³-hybridized carbons (Fsp3) is 0.474. The summed E-state index contributed by atoms with van der Waals surface area (Å²) in [6.07, 6.45) is 0.0538. The highest BCUT2D eigenvalue weighted by atomic mass is 35.5. The van der Waals surface area contributed by atoms with Crippen molar-refractivity contribution in [2.24, 2.45) is 0 Å². The average molecular weight is 414 g/mol. The Morgan fingerprint density at radius 3 is 2.63 bits per heavy atom. The molecule has 2 aromatic rings. The molecule has 0 fully saturated rings. The highest BCUT2D eigenvalue weighted by Crippen LogP contribution is 2.27. The van der Waals surface area contributed by atoms with E-state index in [1.54, 1.807) is 18.2 Å². The van der Waals surface area contributed by atoms with Gasteiger partial charge in [0.25, 0.3) is 0 Å². The summed E-state index contributed by atoms with van der Waals surface area (Å²) in [7, 11) is 0. The quantitative estimate of drug-likeness (QED) is 0.618. The van der Waals surface area contributed by atoms with Crippen LogP contribution in [0.25, 0.3) is 0 Å². The van der Waals surface area contributed by atoms with Crippen LogP contribution in [0.1, 0.15) is 25.8 Å². The van der Waals surface area contributed by atoms with Gasteiger partial charge in [0.2, 0.25) is 5.88 Å². The Bertz CT molecular complexity index is 727. The lowest BCUT2D eigenvalue weighted by Gasteiger charge is -2.27. The topological polar surface area (TPSA) is 76.5 Å². The average Bonchev–Trinajstić information content (AvgIpc) is 2.63. The molecule has 2 rings (SSSR count). The standard InChI is InChI=1S/C19H25Cl2N3O3/c1-13-5-4-6-15(18(13)21)27-12-14(25)11-22-19(2,3)9-10-26-17-8-7-16(20)23-24-17/h4-8,14,22,25H,9-12H2,1-3H3. The van der Waals surface area contributed by atoms with Crippen LogP contribution in [0.2, 0.25) is 10.2 Å². The summed E-state index contributed by atoms with van der Waals surface area (Å²) in [4.78, 5) is 0. The number of nitrogens with zero attached hydrogens (tertiary/aromatic N) is 2.